The van der Waals surface area contributed by atoms with Crippen molar-refractivity contribution in [3.05, 3.63) is 29.2 Å². The van der Waals surface area contributed by atoms with Gasteiger partial charge in [-0.15, -0.1) is 10.2 Å². The quantitative estimate of drug-likeness (QED) is 0.740. The molecule has 7 nitrogen and oxygen atoms in total. The monoisotopic (exact) mass is 379 g/mol. The number of esters is 1. The third-order valence-corrected chi connectivity index (χ3v) is 5.55. The van der Waals surface area contributed by atoms with Crippen LogP contribution in [0.2, 0.25) is 0 Å². The van der Waals surface area contributed by atoms with Gasteiger partial charge in [-0.3, -0.25) is 4.40 Å². The van der Waals surface area contributed by atoms with Crippen molar-refractivity contribution in [1.29, 1.82) is 0 Å². The van der Waals surface area contributed by atoms with E-state index in [2.05, 4.69) is 10.2 Å². The first-order chi connectivity index (χ1) is 11.5. The van der Waals surface area contributed by atoms with Crippen molar-refractivity contribution in [1.82, 2.24) is 14.6 Å². The van der Waals surface area contributed by atoms with Crippen LogP contribution >= 0.6 is 0 Å². The lowest BCUT2D eigenvalue weighted by molar-refractivity contribution is -0.142. The molecule has 2 aromatic heterocycles. The van der Waals surface area contributed by atoms with Crippen molar-refractivity contribution >= 4 is 21.5 Å². The predicted octanol–water partition coefficient (Wildman–Crippen LogP) is 2.25. The van der Waals surface area contributed by atoms with Gasteiger partial charge in [0.05, 0.1) is 11.9 Å². The average Bonchev–Trinajstić information content (AvgIpc) is 2.88. The number of hydrogen-bond donors (Lipinski definition) is 0. The van der Waals surface area contributed by atoms with Crippen LogP contribution in [0.5, 0.6) is 0 Å². The highest BCUT2D eigenvalue weighted by atomic mass is 32.2. The molecule has 138 valence electrons. The van der Waals surface area contributed by atoms with Gasteiger partial charge in [-0.2, -0.15) is 13.2 Å². The average molecular weight is 379 g/mol. The second-order valence-electron chi connectivity index (χ2n) is 5.48. The number of alkyl halides is 3. The van der Waals surface area contributed by atoms with Crippen molar-refractivity contribution < 1.29 is 31.1 Å². The van der Waals surface area contributed by atoms with Crippen LogP contribution in [0.15, 0.2) is 12.1 Å². The van der Waals surface area contributed by atoms with Gasteiger partial charge in [0.25, 0.3) is 0 Å². The largest absolute Gasteiger partial charge is 0.462 e. The fourth-order valence-corrected chi connectivity index (χ4v) is 2.97. The van der Waals surface area contributed by atoms with Gasteiger partial charge < -0.3 is 4.74 Å². The van der Waals surface area contributed by atoms with E-state index in [4.69, 9.17) is 4.74 Å². The first-order valence-corrected chi connectivity index (χ1v) is 9.03. The first-order valence-electron chi connectivity index (χ1n) is 7.32. The molecule has 0 aromatic carbocycles. The van der Waals surface area contributed by atoms with Gasteiger partial charge in [0, 0.05) is 0 Å². The molecule has 0 bridgehead atoms. The number of pyridine rings is 1. The lowest BCUT2D eigenvalue weighted by atomic mass is 10.2. The summed E-state index contributed by atoms with van der Waals surface area (Å²) >= 11 is 0. The van der Waals surface area contributed by atoms with Crippen LogP contribution in [0.25, 0.3) is 5.65 Å². The number of aromatic nitrogens is 3. The summed E-state index contributed by atoms with van der Waals surface area (Å²) in [7, 11) is -3.73. The van der Waals surface area contributed by atoms with Crippen LogP contribution in [0.4, 0.5) is 13.2 Å². The number of nitrogens with zero attached hydrogens (tertiary/aromatic N) is 3. The minimum atomic E-state index is -4.79. The zero-order chi connectivity index (χ0) is 19.0. The van der Waals surface area contributed by atoms with Gasteiger partial charge in [-0.05, 0) is 32.9 Å². The summed E-state index contributed by atoms with van der Waals surface area (Å²) in [6.45, 7) is 4.39. The summed E-state index contributed by atoms with van der Waals surface area (Å²) in [5, 5.41) is 6.35. The van der Waals surface area contributed by atoms with E-state index < -0.39 is 50.2 Å². The zero-order valence-electron chi connectivity index (χ0n) is 13.7. The Hall–Kier alpha value is -2.17. The highest BCUT2D eigenvalue weighted by molar-refractivity contribution is 7.91. The van der Waals surface area contributed by atoms with E-state index in [9.17, 15) is 26.4 Å². The van der Waals surface area contributed by atoms with Crippen molar-refractivity contribution in [3.8, 4) is 0 Å². The highest BCUT2D eigenvalue weighted by Crippen LogP contribution is 2.31. The van der Waals surface area contributed by atoms with E-state index >= 15 is 0 Å². The SMILES string of the molecule is CCOC(=O)c1ccc(C(F)(F)F)n2c(CS(=O)(=O)C(C)C)nnc12. The Balaban J connectivity index is 2.73. The summed E-state index contributed by atoms with van der Waals surface area (Å²) < 4.78 is 69.4. The fourth-order valence-electron chi connectivity index (χ4n) is 2.09. The maximum atomic E-state index is 13.3. The summed E-state index contributed by atoms with van der Waals surface area (Å²) in [5.74, 6) is -2.02. The summed E-state index contributed by atoms with van der Waals surface area (Å²) in [4.78, 5) is 11.9. The first kappa shape index (κ1) is 19.2. The van der Waals surface area contributed by atoms with Crippen molar-refractivity contribution in [2.75, 3.05) is 6.61 Å². The molecule has 0 saturated carbocycles. The van der Waals surface area contributed by atoms with E-state index in [0.717, 1.165) is 6.07 Å². The lowest BCUT2D eigenvalue weighted by Gasteiger charge is -2.13. The highest BCUT2D eigenvalue weighted by Gasteiger charge is 2.36. The number of rotatable bonds is 5. The molecule has 0 aliphatic heterocycles. The maximum absolute atomic E-state index is 13.3. The van der Waals surface area contributed by atoms with Gasteiger partial charge in [0.15, 0.2) is 21.3 Å². The Morgan fingerprint density at radius 1 is 1.28 bits per heavy atom. The third-order valence-electron chi connectivity index (χ3n) is 3.45. The number of sulfone groups is 1. The summed E-state index contributed by atoms with van der Waals surface area (Å²) in [5.41, 5.74) is -1.80. The maximum Gasteiger partial charge on any atom is 0.431 e. The Morgan fingerprint density at radius 2 is 1.92 bits per heavy atom. The van der Waals surface area contributed by atoms with E-state index in [0.29, 0.717) is 10.5 Å². The van der Waals surface area contributed by atoms with E-state index in [-0.39, 0.29) is 12.2 Å². The molecule has 2 rings (SSSR count). The molecule has 0 fully saturated rings. The third kappa shape index (κ3) is 3.75. The fraction of sp³-hybridized carbons (Fsp3) is 0.500. The molecule has 25 heavy (non-hydrogen) atoms. The molecule has 0 spiro atoms. The van der Waals surface area contributed by atoms with Gasteiger partial charge in [0.1, 0.15) is 17.0 Å². The topological polar surface area (TPSA) is 90.6 Å². The van der Waals surface area contributed by atoms with Crippen molar-refractivity contribution in [3.63, 3.8) is 0 Å². The van der Waals surface area contributed by atoms with Gasteiger partial charge in [-0.1, -0.05) is 0 Å². The Morgan fingerprint density at radius 3 is 2.44 bits per heavy atom. The second kappa shape index (κ2) is 6.62. The predicted molar refractivity (Wildman–Crippen MR) is 81.7 cm³/mol. The molecule has 0 unspecified atom stereocenters. The van der Waals surface area contributed by atoms with Crippen LogP contribution in [0.3, 0.4) is 0 Å². The molecule has 0 amide bonds. The van der Waals surface area contributed by atoms with Gasteiger partial charge in [-0.25, -0.2) is 13.2 Å². The van der Waals surface area contributed by atoms with Gasteiger partial charge in [0.2, 0.25) is 0 Å². The van der Waals surface area contributed by atoms with Crippen LogP contribution in [0.1, 0.15) is 42.6 Å². The Kier molecular flexibility index (Phi) is 5.07. The van der Waals surface area contributed by atoms with E-state index in [1.54, 1.807) is 6.92 Å². The Labute approximate surface area is 141 Å². The van der Waals surface area contributed by atoms with Crippen molar-refractivity contribution in [2.45, 2.75) is 38.0 Å². The zero-order valence-corrected chi connectivity index (χ0v) is 14.5. The Bertz CT molecular complexity index is 904. The minimum absolute atomic E-state index is 0.0226. The van der Waals surface area contributed by atoms with Crippen LogP contribution in [-0.2, 0) is 26.5 Å². The smallest absolute Gasteiger partial charge is 0.431 e. The number of halogens is 3. The molecule has 2 heterocycles. The molecule has 0 aliphatic rings. The van der Waals surface area contributed by atoms with Crippen molar-refractivity contribution in [2.24, 2.45) is 0 Å². The number of carbonyl (C=O) groups is 1. The normalized spacial score (nSPS) is 12.8. The molecule has 0 radical (unpaired) electrons. The van der Waals surface area contributed by atoms with Crippen LogP contribution in [-0.4, -0.2) is 40.8 Å². The minimum Gasteiger partial charge on any atom is -0.462 e. The summed E-state index contributed by atoms with van der Waals surface area (Å²) in [6, 6.07) is 1.61. The molecular formula is C14H16F3N3O4S. The van der Waals surface area contributed by atoms with E-state index in [1.165, 1.54) is 13.8 Å². The summed E-state index contributed by atoms with van der Waals surface area (Å²) in [6.07, 6.45) is -4.79. The molecule has 11 heteroatoms. The molecule has 2 aromatic rings. The van der Waals surface area contributed by atoms with E-state index in [1.807, 2.05) is 0 Å². The van der Waals surface area contributed by atoms with Crippen LogP contribution in [0, 0.1) is 0 Å². The molecular weight excluding hydrogens is 363 g/mol. The molecule has 0 N–H and O–H groups in total. The standard InChI is InChI=1S/C14H16F3N3O4S/c1-4-24-13(21)9-5-6-10(14(15,16)17)20-11(18-19-12(9)20)7-25(22,23)8(2)3/h5-6,8H,4,7H2,1-3H3. The number of fused-ring (bicyclic) bond motifs is 1. The molecule has 0 atom stereocenters. The number of ether oxygens (including phenoxy) is 1. The second-order valence-corrected chi connectivity index (χ2v) is 8.04. The van der Waals surface area contributed by atoms with Gasteiger partial charge >= 0.3 is 12.1 Å². The van der Waals surface area contributed by atoms with Crippen LogP contribution < -0.4 is 0 Å². The molecule has 0 aliphatic carbocycles. The number of hydrogen-bond acceptors (Lipinski definition) is 6. The lowest BCUT2D eigenvalue weighted by Crippen LogP contribution is -2.20. The number of carbonyl (C=O) groups excluding carboxylic acids is 1. The molecule has 0 saturated heterocycles.